The van der Waals surface area contributed by atoms with E-state index in [0.717, 1.165) is 12.8 Å². The Hall–Kier alpha value is -2.98. The average molecular weight is 468 g/mol. The lowest BCUT2D eigenvalue weighted by molar-refractivity contribution is -0.123. The molecular formula is C20H22ClN3O6S. The Morgan fingerprint density at radius 2 is 1.71 bits per heavy atom. The van der Waals surface area contributed by atoms with Gasteiger partial charge >= 0.3 is 0 Å². The van der Waals surface area contributed by atoms with Gasteiger partial charge in [0.1, 0.15) is 11.5 Å². The maximum absolute atomic E-state index is 13.1. The van der Waals surface area contributed by atoms with Gasteiger partial charge in [-0.05, 0) is 43.5 Å². The highest BCUT2D eigenvalue weighted by molar-refractivity contribution is 7.92. The maximum atomic E-state index is 13.1. The van der Waals surface area contributed by atoms with Gasteiger partial charge in [0.2, 0.25) is 5.91 Å². The third kappa shape index (κ3) is 5.20. The molecule has 0 heterocycles. The summed E-state index contributed by atoms with van der Waals surface area (Å²) in [5.41, 5.74) is 5.24. The first-order valence-corrected chi connectivity index (χ1v) is 11.2. The number of nitrogens with one attached hydrogen (secondary N) is 3. The molecule has 0 aromatic heterocycles. The second-order valence-electron chi connectivity index (χ2n) is 6.99. The van der Waals surface area contributed by atoms with E-state index < -0.39 is 15.9 Å². The molecule has 2 aromatic rings. The van der Waals surface area contributed by atoms with E-state index in [2.05, 4.69) is 15.6 Å². The van der Waals surface area contributed by atoms with Crippen LogP contribution in [0.3, 0.4) is 0 Å². The van der Waals surface area contributed by atoms with Gasteiger partial charge in [-0.2, -0.15) is 0 Å². The Kier molecular flexibility index (Phi) is 6.61. The monoisotopic (exact) mass is 467 g/mol. The lowest BCUT2D eigenvalue weighted by Gasteiger charge is -2.16. The number of amides is 2. The molecule has 0 spiro atoms. The first-order chi connectivity index (χ1) is 14.7. The summed E-state index contributed by atoms with van der Waals surface area (Å²) in [6.07, 6.45) is 1.58. The normalized spacial score (nSPS) is 13.3. The van der Waals surface area contributed by atoms with E-state index in [-0.39, 0.29) is 38.7 Å². The molecule has 9 nitrogen and oxygen atoms in total. The number of sulfonamides is 1. The van der Waals surface area contributed by atoms with Crippen molar-refractivity contribution in [3.63, 3.8) is 0 Å². The van der Waals surface area contributed by atoms with Crippen molar-refractivity contribution >= 4 is 39.1 Å². The van der Waals surface area contributed by atoms with Crippen molar-refractivity contribution in [1.29, 1.82) is 0 Å². The minimum Gasteiger partial charge on any atom is -0.495 e. The number of benzene rings is 2. The molecule has 11 heteroatoms. The smallest absolute Gasteiger partial charge is 0.269 e. The number of rotatable bonds is 7. The van der Waals surface area contributed by atoms with Crippen molar-refractivity contribution in [3.05, 3.63) is 46.5 Å². The van der Waals surface area contributed by atoms with E-state index in [1.807, 2.05) is 0 Å². The zero-order valence-electron chi connectivity index (χ0n) is 17.1. The lowest BCUT2D eigenvalue weighted by atomic mass is 10.1. The Bertz CT molecular complexity index is 1130. The van der Waals surface area contributed by atoms with Gasteiger partial charge in [-0.25, -0.2) is 8.42 Å². The number of aryl methyl sites for hydroxylation is 1. The zero-order chi connectivity index (χ0) is 22.8. The highest BCUT2D eigenvalue weighted by Gasteiger charge is 2.30. The minimum absolute atomic E-state index is 0.0711. The second kappa shape index (κ2) is 9.03. The fourth-order valence-electron chi connectivity index (χ4n) is 2.81. The van der Waals surface area contributed by atoms with E-state index in [1.54, 1.807) is 6.92 Å². The summed E-state index contributed by atoms with van der Waals surface area (Å²) in [5.74, 6) is -0.442. The molecule has 0 bridgehead atoms. The third-order valence-corrected chi connectivity index (χ3v) is 6.51. The molecule has 2 amide bonds. The van der Waals surface area contributed by atoms with Crippen LogP contribution < -0.4 is 25.0 Å². The van der Waals surface area contributed by atoms with E-state index in [1.165, 1.54) is 44.6 Å². The number of methoxy groups -OCH3 is 2. The van der Waals surface area contributed by atoms with Gasteiger partial charge in [0, 0.05) is 17.5 Å². The molecular weight excluding hydrogens is 446 g/mol. The summed E-state index contributed by atoms with van der Waals surface area (Å²) in [5, 5.41) is 0.192. The van der Waals surface area contributed by atoms with Crippen molar-refractivity contribution in [3.8, 4) is 11.5 Å². The molecule has 3 rings (SSSR count). The zero-order valence-corrected chi connectivity index (χ0v) is 18.7. The van der Waals surface area contributed by atoms with Gasteiger partial charge in [-0.15, -0.1) is 0 Å². The number of ether oxygens (including phenoxy) is 2. The van der Waals surface area contributed by atoms with Crippen molar-refractivity contribution in [2.24, 2.45) is 5.92 Å². The van der Waals surface area contributed by atoms with Gasteiger partial charge in [0.05, 0.1) is 29.8 Å². The van der Waals surface area contributed by atoms with Crippen LogP contribution in [0, 0.1) is 12.8 Å². The summed E-state index contributed by atoms with van der Waals surface area (Å²) in [4.78, 5) is 24.0. The summed E-state index contributed by atoms with van der Waals surface area (Å²) in [6, 6.07) is 7.03. The van der Waals surface area contributed by atoms with Crippen LogP contribution in [0.4, 0.5) is 5.69 Å². The molecule has 1 fully saturated rings. The predicted molar refractivity (Wildman–Crippen MR) is 115 cm³/mol. The molecule has 0 aliphatic heterocycles. The highest BCUT2D eigenvalue weighted by atomic mass is 35.5. The summed E-state index contributed by atoms with van der Waals surface area (Å²) in [7, 11) is -1.29. The summed E-state index contributed by atoms with van der Waals surface area (Å²) >= 11 is 6.12. The molecule has 0 atom stereocenters. The van der Waals surface area contributed by atoms with Crippen LogP contribution >= 0.6 is 11.6 Å². The number of carbonyl (C=O) groups is 2. The third-order valence-electron chi connectivity index (χ3n) is 4.71. The number of hydrogen-bond donors (Lipinski definition) is 3. The first kappa shape index (κ1) is 22.7. The molecule has 1 aliphatic carbocycles. The number of carbonyl (C=O) groups excluding carboxylic acids is 2. The van der Waals surface area contributed by atoms with Gasteiger partial charge in [0.25, 0.3) is 15.9 Å². The Morgan fingerprint density at radius 1 is 1.03 bits per heavy atom. The van der Waals surface area contributed by atoms with E-state index >= 15 is 0 Å². The van der Waals surface area contributed by atoms with Crippen molar-refractivity contribution in [2.75, 3.05) is 18.9 Å². The Balaban J connectivity index is 1.85. The van der Waals surface area contributed by atoms with Crippen LogP contribution in [0.1, 0.15) is 28.8 Å². The minimum atomic E-state index is -4.10. The van der Waals surface area contributed by atoms with Gasteiger partial charge in [-0.3, -0.25) is 25.2 Å². The molecule has 3 N–H and O–H groups in total. The molecule has 1 aliphatic rings. The lowest BCUT2D eigenvalue weighted by Crippen LogP contribution is -2.42. The van der Waals surface area contributed by atoms with Gasteiger partial charge < -0.3 is 9.47 Å². The van der Waals surface area contributed by atoms with E-state index in [4.69, 9.17) is 21.1 Å². The van der Waals surface area contributed by atoms with Crippen LogP contribution in [0.2, 0.25) is 5.02 Å². The Labute approximate surface area is 185 Å². The van der Waals surface area contributed by atoms with Crippen molar-refractivity contribution < 1.29 is 27.5 Å². The van der Waals surface area contributed by atoms with E-state index in [9.17, 15) is 18.0 Å². The second-order valence-corrected chi connectivity index (χ2v) is 9.05. The number of hydrazine groups is 1. The van der Waals surface area contributed by atoms with Crippen LogP contribution in [-0.2, 0) is 14.8 Å². The van der Waals surface area contributed by atoms with Gasteiger partial charge in [-0.1, -0.05) is 17.7 Å². The molecule has 0 saturated heterocycles. The SMILES string of the molecule is COc1cc(OC)c(NS(=O)(=O)c2cc(C(=O)NNC(=O)C3CC3)ccc2C)cc1Cl. The molecule has 0 radical (unpaired) electrons. The fraction of sp³-hybridized carbons (Fsp3) is 0.300. The number of halogens is 1. The molecule has 166 valence electrons. The van der Waals surface area contributed by atoms with Crippen LogP contribution in [-0.4, -0.2) is 34.5 Å². The first-order valence-electron chi connectivity index (χ1n) is 9.31. The molecule has 2 aromatic carbocycles. The molecule has 1 saturated carbocycles. The quantitative estimate of drug-likeness (QED) is 0.538. The largest absolute Gasteiger partial charge is 0.495 e. The number of hydrogen-bond acceptors (Lipinski definition) is 6. The topological polar surface area (TPSA) is 123 Å². The highest BCUT2D eigenvalue weighted by Crippen LogP contribution is 2.37. The standard InChI is InChI=1S/C20H22ClN3O6S/c1-11-4-5-13(20(26)23-22-19(25)12-6-7-12)8-18(11)31(27,28)24-15-9-14(21)16(29-2)10-17(15)30-3/h4-5,8-10,12,24H,6-7H2,1-3H3,(H,22,25)(H,23,26). The maximum Gasteiger partial charge on any atom is 0.269 e. The van der Waals surface area contributed by atoms with Crippen LogP contribution in [0.15, 0.2) is 35.2 Å². The van der Waals surface area contributed by atoms with Crippen LogP contribution in [0.25, 0.3) is 0 Å². The summed E-state index contributed by atoms with van der Waals surface area (Å²) < 4.78 is 38.9. The summed E-state index contributed by atoms with van der Waals surface area (Å²) in [6.45, 7) is 1.60. The fourth-order valence-corrected chi connectivity index (χ4v) is 4.38. The predicted octanol–water partition coefficient (Wildman–Crippen LogP) is 2.64. The number of anilines is 1. The van der Waals surface area contributed by atoms with Crippen LogP contribution in [0.5, 0.6) is 11.5 Å². The van der Waals surface area contributed by atoms with E-state index in [0.29, 0.717) is 11.3 Å². The Morgan fingerprint density at radius 3 is 2.32 bits per heavy atom. The van der Waals surface area contributed by atoms with Crippen molar-refractivity contribution in [2.45, 2.75) is 24.7 Å². The molecule has 0 unspecified atom stereocenters. The molecule has 31 heavy (non-hydrogen) atoms. The van der Waals surface area contributed by atoms with Gasteiger partial charge in [0.15, 0.2) is 0 Å². The van der Waals surface area contributed by atoms with Crippen molar-refractivity contribution in [1.82, 2.24) is 10.9 Å². The average Bonchev–Trinajstić information content (AvgIpc) is 3.57.